The largest absolute Gasteiger partial charge is 0.352 e. The van der Waals surface area contributed by atoms with Crippen LogP contribution in [-0.4, -0.2) is 205 Å². The van der Waals surface area contributed by atoms with Gasteiger partial charge in [-0.05, 0) is 50.4 Å². The fraction of sp³-hybridized carbons (Fsp3) is 0.750. The molecule has 0 aromatic carbocycles. The summed E-state index contributed by atoms with van der Waals surface area (Å²) in [6.45, 7) is 4.87. The Bertz CT molecular complexity index is 1570. The van der Waals surface area contributed by atoms with Crippen LogP contribution in [0.15, 0.2) is 0 Å². The summed E-state index contributed by atoms with van der Waals surface area (Å²) in [6.07, 6.45) is 3.16. The molecule has 6 atom stereocenters. The van der Waals surface area contributed by atoms with Gasteiger partial charge in [0.1, 0.15) is 36.3 Å². The first-order valence-corrected chi connectivity index (χ1v) is 21.3. The van der Waals surface area contributed by atoms with Crippen LogP contribution in [0, 0.1) is 11.8 Å². The monoisotopic (exact) mass is 877 g/mol. The lowest BCUT2D eigenvalue weighted by Crippen LogP contribution is -2.59. The van der Waals surface area contributed by atoms with Gasteiger partial charge < -0.3 is 62.1 Å². The topological polar surface area (TPSA) is 290 Å². The molecule has 0 radical (unpaired) electrons. The summed E-state index contributed by atoms with van der Waals surface area (Å²) in [5, 5.41) is 10.4. The van der Waals surface area contributed by atoms with Gasteiger partial charge in [-0.3, -0.25) is 47.9 Å². The summed E-state index contributed by atoms with van der Waals surface area (Å²) in [4.78, 5) is 141. The molecule has 3 aliphatic rings. The number of carbonyl (C=O) groups is 10. The van der Waals surface area contributed by atoms with Crippen LogP contribution in [0.4, 0.5) is 0 Å². The number of nitrogens with one attached hydrogen (secondary N) is 4. The van der Waals surface area contributed by atoms with Gasteiger partial charge in [-0.15, -0.1) is 0 Å². The Hall–Kier alpha value is -5.38. The maximum absolute atomic E-state index is 13.5. The van der Waals surface area contributed by atoms with Gasteiger partial charge >= 0.3 is 0 Å². The lowest BCUT2D eigenvalue weighted by atomic mass is 10.00. The zero-order valence-electron chi connectivity index (χ0n) is 37.4. The average molecular weight is 877 g/mol. The number of carbonyl (C=O) groups excluding carboxylic acids is 10. The summed E-state index contributed by atoms with van der Waals surface area (Å²) in [7, 11) is 5.53. The van der Waals surface area contributed by atoms with E-state index in [0.29, 0.717) is 38.5 Å². The predicted molar refractivity (Wildman–Crippen MR) is 225 cm³/mol. The summed E-state index contributed by atoms with van der Waals surface area (Å²) in [5.41, 5.74) is 12.4. The molecule has 8 N–H and O–H groups in total. The van der Waals surface area contributed by atoms with Crippen LogP contribution < -0.4 is 32.7 Å². The average Bonchev–Trinajstić information content (AvgIpc) is 3.23. The zero-order valence-corrected chi connectivity index (χ0v) is 37.4. The third-order valence-electron chi connectivity index (χ3n) is 11.6. The smallest absolute Gasteiger partial charge is 0.243 e. The minimum atomic E-state index is -1.27. The highest BCUT2D eigenvalue weighted by Gasteiger charge is 2.38. The molecule has 0 saturated carbocycles. The number of nitrogens with zero attached hydrogens (tertiary/aromatic N) is 6. The number of hydrogen-bond donors (Lipinski definition) is 6. The molecule has 3 fully saturated rings. The molecule has 0 aromatic heterocycles. The summed E-state index contributed by atoms with van der Waals surface area (Å²) in [5.74, 6) is -6.83. The third-order valence-corrected chi connectivity index (χ3v) is 11.6. The number of rotatable bonds is 2. The van der Waals surface area contributed by atoms with Crippen molar-refractivity contribution in [1.29, 1.82) is 0 Å². The van der Waals surface area contributed by atoms with E-state index in [1.165, 1.54) is 38.0 Å². The molecule has 0 unspecified atom stereocenters. The van der Waals surface area contributed by atoms with Crippen molar-refractivity contribution in [2.45, 2.75) is 102 Å². The number of hydrogen-bond acceptors (Lipinski definition) is 12. The molecule has 3 rings (SSSR count). The first-order valence-electron chi connectivity index (χ1n) is 21.3. The molecule has 3 saturated heterocycles. The van der Waals surface area contributed by atoms with E-state index in [1.54, 1.807) is 27.7 Å². The second-order valence-electron chi connectivity index (χ2n) is 17.1. The van der Waals surface area contributed by atoms with Crippen molar-refractivity contribution >= 4 is 59.1 Å². The molecule has 0 bridgehead atoms. The van der Waals surface area contributed by atoms with Crippen molar-refractivity contribution in [2.24, 2.45) is 23.3 Å². The van der Waals surface area contributed by atoms with E-state index < -0.39 is 133 Å². The van der Waals surface area contributed by atoms with Gasteiger partial charge in [0.25, 0.3) is 0 Å². The maximum atomic E-state index is 13.5. The van der Waals surface area contributed by atoms with Gasteiger partial charge in [0.15, 0.2) is 0 Å². The van der Waals surface area contributed by atoms with E-state index in [-0.39, 0.29) is 26.2 Å². The van der Waals surface area contributed by atoms with Gasteiger partial charge in [0.2, 0.25) is 59.1 Å². The third kappa shape index (κ3) is 13.3. The Morgan fingerprint density at radius 3 is 1.15 bits per heavy atom. The van der Waals surface area contributed by atoms with Gasteiger partial charge in [-0.25, -0.2) is 0 Å². The summed E-state index contributed by atoms with van der Waals surface area (Å²) >= 11 is 0. The number of nitrogens with two attached hydrogens (primary N) is 2. The van der Waals surface area contributed by atoms with E-state index in [0.717, 1.165) is 19.6 Å². The minimum Gasteiger partial charge on any atom is -0.352 e. The molecule has 348 valence electrons. The SMILES string of the molecule is CC(C)[C@H]1C(=O)NCC(=O)N(C)CC(=O)N2CCCC[C@H]2C(=O)NC[C@@H](N)C(=O)N(C)[C@@H](C(C)C)C(=O)NCC(=O)N(C)CC(=O)N2CCCC[C@H]2C(=O)NC[C@@H](N)C(=O)N1C. The van der Waals surface area contributed by atoms with Crippen molar-refractivity contribution < 1.29 is 47.9 Å². The second kappa shape index (κ2) is 23.2. The molecule has 0 spiro atoms. The Balaban J connectivity index is 1.87. The van der Waals surface area contributed by atoms with E-state index >= 15 is 0 Å². The highest BCUT2D eigenvalue weighted by molar-refractivity contribution is 5.96. The summed E-state index contributed by atoms with van der Waals surface area (Å²) in [6, 6.07) is -6.49. The lowest BCUT2D eigenvalue weighted by Gasteiger charge is -2.36. The normalized spacial score (nSPS) is 27.9. The van der Waals surface area contributed by atoms with Crippen molar-refractivity contribution in [3.05, 3.63) is 0 Å². The molecular formula is C40H68N12O10. The van der Waals surface area contributed by atoms with Crippen molar-refractivity contribution in [2.75, 3.05) is 80.5 Å². The maximum Gasteiger partial charge on any atom is 0.243 e. The van der Waals surface area contributed by atoms with Crippen LogP contribution in [0.2, 0.25) is 0 Å². The predicted octanol–water partition coefficient (Wildman–Crippen LogP) is -4.24. The standard InChI is InChI=1S/C40H68N12O10/c1-23(2)33-37(59)45-19-29(53)47(5)21-31(55)52-16-12-10-14-28(52)36(58)44-18-26(42)40(62)50(8)34(24(3)4)38(60)46-20-30(54)48(6)22-32(56)51-15-11-9-13-27(51)35(57)43-17-25(41)39(61)49(33)7/h23-28,33-34H,9-22,41-42H2,1-8H3,(H,43,57)(H,44,58)(H,45,59)(H,46,60)/t25-,26-,27+,28+,33+,34+/m1/s1. The van der Waals surface area contributed by atoms with Gasteiger partial charge in [-0.1, -0.05) is 27.7 Å². The molecule has 10 amide bonds. The van der Waals surface area contributed by atoms with Crippen molar-refractivity contribution in [3.63, 3.8) is 0 Å². The van der Waals surface area contributed by atoms with Crippen LogP contribution in [-0.2, 0) is 47.9 Å². The minimum absolute atomic E-state index is 0.241. The van der Waals surface area contributed by atoms with Crippen LogP contribution in [0.1, 0.15) is 66.2 Å². The highest BCUT2D eigenvalue weighted by atomic mass is 16.2. The van der Waals surface area contributed by atoms with E-state index in [2.05, 4.69) is 21.3 Å². The fourth-order valence-electron chi connectivity index (χ4n) is 8.05. The van der Waals surface area contributed by atoms with Crippen LogP contribution in [0.25, 0.3) is 0 Å². The van der Waals surface area contributed by atoms with Crippen molar-refractivity contribution in [1.82, 2.24) is 50.7 Å². The Kier molecular flexibility index (Phi) is 19.1. The fourth-order valence-corrected chi connectivity index (χ4v) is 8.05. The number of likely N-dealkylation sites (N-methyl/N-ethyl adjacent to an activating group) is 4. The zero-order chi connectivity index (χ0) is 46.6. The van der Waals surface area contributed by atoms with E-state index in [4.69, 9.17) is 11.5 Å². The molecule has 3 aliphatic heterocycles. The molecule has 22 heteroatoms. The van der Waals surface area contributed by atoms with E-state index in [1.807, 2.05) is 0 Å². The number of piperidine rings is 2. The van der Waals surface area contributed by atoms with Gasteiger partial charge in [0.05, 0.1) is 26.2 Å². The first kappa shape index (κ1) is 51.0. The Labute approximate surface area is 363 Å². The first-order chi connectivity index (χ1) is 29.1. The van der Waals surface area contributed by atoms with E-state index in [9.17, 15) is 47.9 Å². The van der Waals surface area contributed by atoms with Gasteiger partial charge in [-0.2, -0.15) is 0 Å². The molecule has 0 aromatic rings. The van der Waals surface area contributed by atoms with Crippen LogP contribution in [0.3, 0.4) is 0 Å². The molecule has 22 nitrogen and oxygen atoms in total. The van der Waals surface area contributed by atoms with Crippen molar-refractivity contribution in [3.8, 4) is 0 Å². The Morgan fingerprint density at radius 2 is 0.823 bits per heavy atom. The van der Waals surface area contributed by atoms with Crippen LogP contribution >= 0.6 is 0 Å². The second-order valence-corrected chi connectivity index (χ2v) is 17.1. The Morgan fingerprint density at radius 1 is 0.484 bits per heavy atom. The molecule has 62 heavy (non-hydrogen) atoms. The molecule has 0 aliphatic carbocycles. The van der Waals surface area contributed by atoms with Gasteiger partial charge in [0, 0.05) is 54.4 Å². The lowest BCUT2D eigenvalue weighted by molar-refractivity contribution is -0.146. The summed E-state index contributed by atoms with van der Waals surface area (Å²) < 4.78 is 0. The number of amides is 10. The quantitative estimate of drug-likeness (QED) is 0.154. The van der Waals surface area contributed by atoms with Crippen LogP contribution in [0.5, 0.6) is 0 Å². The molecule has 3 heterocycles. The number of fused-ring (bicyclic) bond motifs is 2. The highest BCUT2D eigenvalue weighted by Crippen LogP contribution is 2.20. The molecular weight excluding hydrogens is 809 g/mol.